The van der Waals surface area contributed by atoms with Crippen LogP contribution in [0.25, 0.3) is 5.69 Å². The van der Waals surface area contributed by atoms with E-state index in [2.05, 4.69) is 26.6 Å². The fourth-order valence-electron chi connectivity index (χ4n) is 3.41. The molecule has 1 N–H and O–H groups in total. The molecule has 8 nitrogen and oxygen atoms in total. The molecular formula is C19H23N7O. The second-order valence-corrected chi connectivity index (χ2v) is 7.03. The van der Waals surface area contributed by atoms with Crippen molar-refractivity contribution in [2.45, 2.75) is 32.9 Å². The van der Waals surface area contributed by atoms with E-state index in [0.717, 1.165) is 22.6 Å². The van der Waals surface area contributed by atoms with Crippen molar-refractivity contribution in [2.24, 2.45) is 0 Å². The van der Waals surface area contributed by atoms with Gasteiger partial charge in [0, 0.05) is 18.8 Å². The average molecular weight is 365 g/mol. The fraction of sp³-hybridized carbons (Fsp3) is 0.368. The first-order valence-electron chi connectivity index (χ1n) is 9.04. The van der Waals surface area contributed by atoms with Crippen LogP contribution >= 0.6 is 0 Å². The predicted molar refractivity (Wildman–Crippen MR) is 101 cm³/mol. The zero-order valence-corrected chi connectivity index (χ0v) is 15.7. The molecule has 0 saturated carbocycles. The second kappa shape index (κ2) is 6.86. The number of urea groups is 1. The van der Waals surface area contributed by atoms with Crippen LogP contribution in [-0.2, 0) is 0 Å². The van der Waals surface area contributed by atoms with E-state index >= 15 is 0 Å². The average Bonchev–Trinajstić information content (AvgIpc) is 3.24. The van der Waals surface area contributed by atoms with Gasteiger partial charge < -0.3 is 10.2 Å². The van der Waals surface area contributed by atoms with Crippen molar-refractivity contribution in [3.63, 3.8) is 0 Å². The van der Waals surface area contributed by atoms with Gasteiger partial charge in [-0.25, -0.2) is 14.5 Å². The number of nitrogens with one attached hydrogen (secondary N) is 1. The van der Waals surface area contributed by atoms with E-state index in [0.29, 0.717) is 13.1 Å². The van der Waals surface area contributed by atoms with Gasteiger partial charge in [0.15, 0.2) is 0 Å². The van der Waals surface area contributed by atoms with E-state index in [1.165, 1.54) is 6.33 Å². The number of amides is 2. The summed E-state index contributed by atoms with van der Waals surface area (Å²) < 4.78 is 3.72. The van der Waals surface area contributed by atoms with Gasteiger partial charge in [0.2, 0.25) is 0 Å². The van der Waals surface area contributed by atoms with Gasteiger partial charge >= 0.3 is 6.03 Å². The molecule has 1 aromatic carbocycles. The Balaban J connectivity index is 1.33. The van der Waals surface area contributed by atoms with Crippen LogP contribution in [0.15, 0.2) is 43.0 Å². The van der Waals surface area contributed by atoms with E-state index in [-0.39, 0.29) is 18.1 Å². The van der Waals surface area contributed by atoms with Crippen LogP contribution in [0.1, 0.15) is 36.0 Å². The lowest BCUT2D eigenvalue weighted by atomic mass is 10.1. The first-order valence-corrected chi connectivity index (χ1v) is 9.04. The summed E-state index contributed by atoms with van der Waals surface area (Å²) in [5.74, 6) is 0. The topological polar surface area (TPSA) is 80.9 Å². The van der Waals surface area contributed by atoms with Crippen molar-refractivity contribution in [1.29, 1.82) is 0 Å². The van der Waals surface area contributed by atoms with Crippen LogP contribution in [0.4, 0.5) is 4.79 Å². The third-order valence-electron chi connectivity index (χ3n) is 4.96. The summed E-state index contributed by atoms with van der Waals surface area (Å²) in [4.78, 5) is 18.3. The normalized spacial score (nSPS) is 15.4. The molecule has 1 saturated heterocycles. The van der Waals surface area contributed by atoms with E-state index in [4.69, 9.17) is 0 Å². The molecule has 140 valence electrons. The molecule has 27 heavy (non-hydrogen) atoms. The highest BCUT2D eigenvalue weighted by molar-refractivity contribution is 5.75. The van der Waals surface area contributed by atoms with Gasteiger partial charge in [-0.2, -0.15) is 10.2 Å². The molecule has 0 unspecified atom stereocenters. The number of likely N-dealkylation sites (tertiary alicyclic amines) is 1. The number of benzene rings is 1. The summed E-state index contributed by atoms with van der Waals surface area (Å²) in [5.41, 5.74) is 4.13. The summed E-state index contributed by atoms with van der Waals surface area (Å²) in [7, 11) is 0. The third kappa shape index (κ3) is 3.42. The Morgan fingerprint density at radius 2 is 1.96 bits per heavy atom. The standard InChI is InChI=1S/C19H23N7O/c1-13-8-14(2)26(23-13)18-9-24(10-18)19(27)22-15(3)16-4-6-17(7-5-16)25-12-20-11-21-25/h4-8,11-12,15,18H,9-10H2,1-3H3,(H,22,27)/t15-/m1/s1. The molecule has 0 aliphatic carbocycles. The number of hydrogen-bond acceptors (Lipinski definition) is 4. The van der Waals surface area contributed by atoms with Gasteiger partial charge in [0.1, 0.15) is 12.7 Å². The van der Waals surface area contributed by atoms with Gasteiger partial charge in [-0.3, -0.25) is 4.68 Å². The maximum Gasteiger partial charge on any atom is 0.318 e. The lowest BCUT2D eigenvalue weighted by Gasteiger charge is -2.40. The largest absolute Gasteiger partial charge is 0.331 e. The van der Waals surface area contributed by atoms with E-state index in [1.54, 1.807) is 11.0 Å². The van der Waals surface area contributed by atoms with Gasteiger partial charge in [0.25, 0.3) is 0 Å². The zero-order chi connectivity index (χ0) is 19.0. The summed E-state index contributed by atoms with van der Waals surface area (Å²) in [6, 6.07) is 10.1. The lowest BCUT2D eigenvalue weighted by Crippen LogP contribution is -2.54. The minimum atomic E-state index is -0.0740. The molecule has 2 amide bonds. The van der Waals surface area contributed by atoms with E-state index in [1.807, 2.05) is 54.6 Å². The number of nitrogens with zero attached hydrogens (tertiary/aromatic N) is 6. The van der Waals surface area contributed by atoms with Crippen molar-refractivity contribution in [1.82, 2.24) is 34.8 Å². The van der Waals surface area contributed by atoms with Crippen LogP contribution in [0.3, 0.4) is 0 Å². The first-order chi connectivity index (χ1) is 13.0. The molecule has 3 heterocycles. The van der Waals surface area contributed by atoms with Crippen molar-refractivity contribution in [3.05, 3.63) is 59.9 Å². The summed E-state index contributed by atoms with van der Waals surface area (Å²) in [6.07, 6.45) is 3.16. The van der Waals surface area contributed by atoms with Crippen LogP contribution in [0.2, 0.25) is 0 Å². The lowest BCUT2D eigenvalue weighted by molar-refractivity contribution is 0.115. The second-order valence-electron chi connectivity index (χ2n) is 7.03. The molecule has 1 fully saturated rings. The summed E-state index contributed by atoms with van der Waals surface area (Å²) >= 11 is 0. The van der Waals surface area contributed by atoms with Crippen LogP contribution < -0.4 is 5.32 Å². The van der Waals surface area contributed by atoms with Crippen LogP contribution in [0, 0.1) is 13.8 Å². The maximum atomic E-state index is 12.5. The number of carbonyl (C=O) groups excluding carboxylic acids is 1. The number of aromatic nitrogens is 5. The Bertz CT molecular complexity index is 924. The van der Waals surface area contributed by atoms with Gasteiger partial charge in [0.05, 0.1) is 23.5 Å². The molecular weight excluding hydrogens is 342 g/mol. The summed E-state index contributed by atoms with van der Waals surface area (Å²) in [6.45, 7) is 7.40. The van der Waals surface area contributed by atoms with Crippen molar-refractivity contribution < 1.29 is 4.79 Å². The molecule has 4 rings (SSSR count). The highest BCUT2D eigenvalue weighted by atomic mass is 16.2. The molecule has 1 aliphatic heterocycles. The zero-order valence-electron chi connectivity index (χ0n) is 15.7. The number of hydrogen-bond donors (Lipinski definition) is 1. The minimum absolute atomic E-state index is 0.0411. The molecule has 2 aromatic heterocycles. The van der Waals surface area contributed by atoms with E-state index < -0.39 is 0 Å². The van der Waals surface area contributed by atoms with Gasteiger partial charge in [-0.15, -0.1) is 0 Å². The smallest absolute Gasteiger partial charge is 0.318 e. The highest BCUT2D eigenvalue weighted by Gasteiger charge is 2.33. The Kier molecular flexibility index (Phi) is 4.39. The van der Waals surface area contributed by atoms with Crippen molar-refractivity contribution >= 4 is 6.03 Å². The molecule has 0 bridgehead atoms. The quantitative estimate of drug-likeness (QED) is 0.770. The first kappa shape index (κ1) is 17.3. The van der Waals surface area contributed by atoms with Crippen molar-refractivity contribution in [2.75, 3.05) is 13.1 Å². The predicted octanol–water partition coefficient (Wildman–Crippen LogP) is 2.41. The third-order valence-corrected chi connectivity index (χ3v) is 4.96. The number of aryl methyl sites for hydroxylation is 2. The molecule has 0 radical (unpaired) electrons. The molecule has 3 aromatic rings. The SMILES string of the molecule is Cc1cc(C)n(C2CN(C(=O)N[C@H](C)c3ccc(-n4cncn4)cc3)C2)n1. The summed E-state index contributed by atoms with van der Waals surface area (Å²) in [5, 5.41) is 11.7. The Morgan fingerprint density at radius 1 is 1.22 bits per heavy atom. The Hall–Kier alpha value is -3.16. The molecule has 1 atom stereocenters. The fourth-order valence-corrected chi connectivity index (χ4v) is 3.41. The van der Waals surface area contributed by atoms with Gasteiger partial charge in [-0.05, 0) is 44.5 Å². The Labute approximate surface area is 157 Å². The van der Waals surface area contributed by atoms with E-state index in [9.17, 15) is 4.79 Å². The minimum Gasteiger partial charge on any atom is -0.331 e. The van der Waals surface area contributed by atoms with Crippen LogP contribution in [0.5, 0.6) is 0 Å². The molecule has 1 aliphatic rings. The number of carbonyl (C=O) groups is 1. The molecule has 8 heteroatoms. The molecule has 0 spiro atoms. The maximum absolute atomic E-state index is 12.5. The highest BCUT2D eigenvalue weighted by Crippen LogP contribution is 2.23. The number of rotatable bonds is 4. The van der Waals surface area contributed by atoms with Gasteiger partial charge in [-0.1, -0.05) is 12.1 Å². The van der Waals surface area contributed by atoms with Crippen LogP contribution in [-0.4, -0.2) is 48.6 Å². The van der Waals surface area contributed by atoms with Crippen molar-refractivity contribution in [3.8, 4) is 5.69 Å². The monoisotopic (exact) mass is 365 g/mol. The Morgan fingerprint density at radius 3 is 2.56 bits per heavy atom.